The highest BCUT2D eigenvalue weighted by molar-refractivity contribution is 8.00. The molecule has 0 bridgehead atoms. The van der Waals surface area contributed by atoms with Gasteiger partial charge in [0.25, 0.3) is 0 Å². The third kappa shape index (κ3) is 3.94. The van der Waals surface area contributed by atoms with E-state index in [0.29, 0.717) is 23.9 Å². The normalized spacial score (nSPS) is 15.3. The van der Waals surface area contributed by atoms with Crippen molar-refractivity contribution in [3.63, 3.8) is 0 Å². The number of aromatic nitrogens is 3. The summed E-state index contributed by atoms with van der Waals surface area (Å²) in [4.78, 5) is 16.7. The minimum Gasteiger partial charge on any atom is -0.367 e. The van der Waals surface area contributed by atoms with Gasteiger partial charge in [-0.15, -0.1) is 6.58 Å². The van der Waals surface area contributed by atoms with E-state index < -0.39 is 0 Å². The van der Waals surface area contributed by atoms with Gasteiger partial charge in [-0.05, 0) is 42.3 Å². The van der Waals surface area contributed by atoms with Gasteiger partial charge in [-0.3, -0.25) is 4.31 Å². The molecule has 2 aliphatic heterocycles. The number of pyridine rings is 1. The number of hydrogen-bond acceptors (Lipinski definition) is 8. The Hall–Kier alpha value is -3.17. The molecule has 1 saturated heterocycles. The highest BCUT2D eigenvalue weighted by atomic mass is 32.2. The second kappa shape index (κ2) is 8.52. The van der Waals surface area contributed by atoms with Crippen LogP contribution in [-0.4, -0.2) is 47.7 Å². The van der Waals surface area contributed by atoms with Gasteiger partial charge < -0.3 is 15.5 Å². The number of halogens is 1. The lowest BCUT2D eigenvalue weighted by Gasteiger charge is -2.30. The van der Waals surface area contributed by atoms with Crippen LogP contribution >= 0.6 is 11.9 Å². The molecule has 2 aliphatic rings. The van der Waals surface area contributed by atoms with Crippen LogP contribution in [0.3, 0.4) is 0 Å². The first-order valence-electron chi connectivity index (χ1n) is 10.1. The van der Waals surface area contributed by atoms with Crippen LogP contribution in [0, 0.1) is 5.82 Å². The van der Waals surface area contributed by atoms with E-state index in [2.05, 4.69) is 36.4 Å². The molecule has 158 valence electrons. The standard InChI is InChI=1S/C22H22FN7S/c1-2-10-30-21-16(4-3-7-25-21)20-19(31-30)14-26-22(28-20)27-15-5-6-18(17(23)13-15)29-11-8-24-9-12-29/h2-7,13-14,24H,1,8-12H2,(H,26,27,28). The number of hydrogen-bond donors (Lipinski definition) is 2. The number of anilines is 4. The number of piperazine rings is 1. The molecule has 3 aromatic rings. The Bertz CT molecular complexity index is 1120. The summed E-state index contributed by atoms with van der Waals surface area (Å²) in [6.45, 7) is 7.81. The molecule has 9 heteroatoms. The topological polar surface area (TPSA) is 69.2 Å². The number of nitrogens with zero attached hydrogens (tertiary/aromatic N) is 5. The summed E-state index contributed by atoms with van der Waals surface area (Å²) in [5.74, 6) is 1.01. The van der Waals surface area contributed by atoms with Crippen LogP contribution in [0.5, 0.6) is 0 Å². The highest BCUT2D eigenvalue weighted by Gasteiger charge is 2.25. The average molecular weight is 436 g/mol. The lowest BCUT2D eigenvalue weighted by molar-refractivity contribution is 0.566. The first-order chi connectivity index (χ1) is 15.2. The highest BCUT2D eigenvalue weighted by Crippen LogP contribution is 2.44. The van der Waals surface area contributed by atoms with Crippen molar-refractivity contribution in [2.75, 3.05) is 47.2 Å². The third-order valence-electron chi connectivity index (χ3n) is 5.20. The molecule has 0 amide bonds. The lowest BCUT2D eigenvalue weighted by atomic mass is 10.1. The van der Waals surface area contributed by atoms with Crippen LogP contribution in [-0.2, 0) is 0 Å². The van der Waals surface area contributed by atoms with Gasteiger partial charge in [0.05, 0.1) is 16.3 Å². The van der Waals surface area contributed by atoms with Gasteiger partial charge >= 0.3 is 0 Å². The zero-order valence-corrected chi connectivity index (χ0v) is 17.7. The smallest absolute Gasteiger partial charge is 0.227 e. The van der Waals surface area contributed by atoms with Crippen molar-refractivity contribution < 1.29 is 4.39 Å². The van der Waals surface area contributed by atoms with Crippen molar-refractivity contribution in [2.24, 2.45) is 0 Å². The maximum atomic E-state index is 14.8. The Morgan fingerprint density at radius 1 is 1.23 bits per heavy atom. The van der Waals surface area contributed by atoms with Crippen LogP contribution in [0.15, 0.2) is 60.3 Å². The monoisotopic (exact) mass is 435 g/mol. The van der Waals surface area contributed by atoms with Gasteiger partial charge in [-0.25, -0.2) is 19.3 Å². The lowest BCUT2D eigenvalue weighted by Crippen LogP contribution is -2.43. The maximum absolute atomic E-state index is 14.8. The van der Waals surface area contributed by atoms with E-state index in [1.165, 1.54) is 18.0 Å². The van der Waals surface area contributed by atoms with Crippen LogP contribution < -0.4 is 19.8 Å². The first kappa shape index (κ1) is 19.8. The van der Waals surface area contributed by atoms with Gasteiger partial charge in [0.15, 0.2) is 0 Å². The zero-order chi connectivity index (χ0) is 21.2. The fourth-order valence-electron chi connectivity index (χ4n) is 3.75. The van der Waals surface area contributed by atoms with Gasteiger partial charge in [0.1, 0.15) is 11.6 Å². The van der Waals surface area contributed by atoms with Crippen LogP contribution in [0.4, 0.5) is 27.5 Å². The van der Waals surface area contributed by atoms with E-state index >= 15 is 0 Å². The fraction of sp³-hybridized carbons (Fsp3) is 0.227. The van der Waals surface area contributed by atoms with Gasteiger partial charge in [0.2, 0.25) is 5.95 Å². The molecular weight excluding hydrogens is 413 g/mol. The van der Waals surface area contributed by atoms with E-state index in [-0.39, 0.29) is 5.82 Å². The molecule has 0 aliphatic carbocycles. The molecule has 0 atom stereocenters. The van der Waals surface area contributed by atoms with Crippen molar-refractivity contribution in [3.05, 3.63) is 61.2 Å². The van der Waals surface area contributed by atoms with Crippen LogP contribution in [0.25, 0.3) is 11.3 Å². The zero-order valence-electron chi connectivity index (χ0n) is 16.9. The summed E-state index contributed by atoms with van der Waals surface area (Å²) >= 11 is 1.54. The molecule has 0 saturated carbocycles. The van der Waals surface area contributed by atoms with Gasteiger partial charge in [-0.1, -0.05) is 6.08 Å². The number of fused-ring (bicyclic) bond motifs is 3. The SMILES string of the molecule is C=CCN1Sc2cnc(Nc3ccc(N4CCNCC4)c(F)c3)nc2-c2cccnc21. The number of nitrogens with one attached hydrogen (secondary N) is 2. The Morgan fingerprint density at radius 3 is 2.90 bits per heavy atom. The second-order valence-electron chi connectivity index (χ2n) is 7.25. The molecule has 5 rings (SSSR count). The molecule has 0 radical (unpaired) electrons. The van der Waals surface area contributed by atoms with E-state index in [9.17, 15) is 4.39 Å². The summed E-state index contributed by atoms with van der Waals surface area (Å²) in [7, 11) is 0. The predicted molar refractivity (Wildman–Crippen MR) is 123 cm³/mol. The van der Waals surface area contributed by atoms with E-state index in [1.54, 1.807) is 12.4 Å². The average Bonchev–Trinajstić information content (AvgIpc) is 2.80. The van der Waals surface area contributed by atoms with Crippen molar-refractivity contribution >= 4 is 35.1 Å². The maximum Gasteiger partial charge on any atom is 0.227 e. The summed E-state index contributed by atoms with van der Waals surface area (Å²) in [6, 6.07) is 9.05. The fourth-order valence-corrected chi connectivity index (χ4v) is 4.74. The van der Waals surface area contributed by atoms with Crippen molar-refractivity contribution in [1.82, 2.24) is 20.3 Å². The number of rotatable bonds is 5. The molecule has 31 heavy (non-hydrogen) atoms. The summed E-state index contributed by atoms with van der Waals surface area (Å²) < 4.78 is 16.8. The molecule has 1 fully saturated rings. The predicted octanol–water partition coefficient (Wildman–Crippen LogP) is 3.84. The van der Waals surface area contributed by atoms with Crippen LogP contribution in [0.1, 0.15) is 0 Å². The minimum atomic E-state index is -0.255. The first-order valence-corrected chi connectivity index (χ1v) is 10.9. The number of benzene rings is 1. The van der Waals surface area contributed by atoms with E-state index in [0.717, 1.165) is 48.1 Å². The molecule has 7 nitrogen and oxygen atoms in total. The van der Waals surface area contributed by atoms with Gasteiger partial charge in [0, 0.05) is 56.4 Å². The minimum absolute atomic E-state index is 0.255. The second-order valence-corrected chi connectivity index (χ2v) is 8.31. The molecule has 1 aromatic carbocycles. The van der Waals surface area contributed by atoms with Crippen LogP contribution in [0.2, 0.25) is 0 Å². The molecule has 0 spiro atoms. The Morgan fingerprint density at radius 2 is 2.10 bits per heavy atom. The summed E-state index contributed by atoms with van der Waals surface area (Å²) in [6.07, 6.45) is 5.39. The third-order valence-corrected chi connectivity index (χ3v) is 6.24. The van der Waals surface area contributed by atoms with E-state index in [1.807, 2.05) is 30.3 Å². The van der Waals surface area contributed by atoms with E-state index in [4.69, 9.17) is 4.98 Å². The van der Waals surface area contributed by atoms with Crippen molar-refractivity contribution in [3.8, 4) is 11.3 Å². The Kier molecular flexibility index (Phi) is 5.44. The molecule has 4 heterocycles. The summed E-state index contributed by atoms with van der Waals surface area (Å²) in [5, 5.41) is 6.42. The Labute approximate surface area is 184 Å². The van der Waals surface area contributed by atoms with Gasteiger partial charge in [-0.2, -0.15) is 0 Å². The molecular formula is C22H22FN7S. The molecule has 2 N–H and O–H groups in total. The molecule has 2 aromatic heterocycles. The summed E-state index contributed by atoms with van der Waals surface area (Å²) in [5.41, 5.74) is 2.98. The quantitative estimate of drug-likeness (QED) is 0.463. The molecule has 0 unspecified atom stereocenters. The Balaban J connectivity index is 1.41. The van der Waals surface area contributed by atoms with Crippen molar-refractivity contribution in [2.45, 2.75) is 4.90 Å². The largest absolute Gasteiger partial charge is 0.367 e. The van der Waals surface area contributed by atoms with Crippen molar-refractivity contribution in [1.29, 1.82) is 0 Å².